The second-order valence-corrected chi connectivity index (χ2v) is 12.8. The lowest BCUT2D eigenvalue weighted by Gasteiger charge is -2.26. The summed E-state index contributed by atoms with van der Waals surface area (Å²) < 4.78 is 13.3. The number of benzene rings is 6. The van der Waals surface area contributed by atoms with Gasteiger partial charge in [-0.2, -0.15) is 0 Å². The highest BCUT2D eigenvalue weighted by molar-refractivity contribution is 5.76. The number of hydrogen-bond acceptors (Lipinski definition) is 9. The van der Waals surface area contributed by atoms with E-state index in [1.165, 1.54) is 12.1 Å². The van der Waals surface area contributed by atoms with Gasteiger partial charge in [-0.3, -0.25) is 0 Å². The van der Waals surface area contributed by atoms with Crippen LogP contribution in [0.2, 0.25) is 0 Å². The smallest absolute Gasteiger partial charge is 0.135 e. The van der Waals surface area contributed by atoms with Gasteiger partial charge in [-0.25, -0.2) is 0 Å². The molecule has 0 unspecified atom stereocenters. The fourth-order valence-corrected chi connectivity index (χ4v) is 7.31. The van der Waals surface area contributed by atoms with Crippen LogP contribution >= 0.6 is 0 Å². The van der Waals surface area contributed by atoms with Crippen LogP contribution < -0.4 is 9.47 Å². The van der Waals surface area contributed by atoms with E-state index in [0.29, 0.717) is 39.3 Å². The zero-order chi connectivity index (χ0) is 35.4. The Morgan fingerprint density at radius 1 is 0.392 bits per heavy atom. The van der Waals surface area contributed by atoms with Crippen molar-refractivity contribution in [2.45, 2.75) is 24.0 Å². The van der Waals surface area contributed by atoms with Crippen LogP contribution in [0.25, 0.3) is 12.2 Å². The molecule has 9 heteroatoms. The van der Waals surface area contributed by atoms with Gasteiger partial charge in [-0.05, 0) is 94.0 Å². The maximum absolute atomic E-state index is 11.3. The van der Waals surface area contributed by atoms with E-state index in [4.69, 9.17) is 9.47 Å². The monoisotopic (exact) mass is 680 g/mol. The molecule has 0 amide bonds. The van der Waals surface area contributed by atoms with Crippen molar-refractivity contribution in [3.63, 3.8) is 0 Å². The first kappa shape index (κ1) is 31.5. The summed E-state index contributed by atoms with van der Waals surface area (Å²) in [6, 6.07) is 30.7. The fourth-order valence-electron chi connectivity index (χ4n) is 7.31. The molecular formula is C42H32O9. The number of aromatic hydroxyl groups is 7. The van der Waals surface area contributed by atoms with Gasteiger partial charge in [0.1, 0.15) is 64.0 Å². The first-order valence-electron chi connectivity index (χ1n) is 16.3. The zero-order valence-corrected chi connectivity index (χ0v) is 26.9. The van der Waals surface area contributed by atoms with E-state index >= 15 is 0 Å². The quantitative estimate of drug-likeness (QED) is 0.0858. The SMILES string of the molecule is Oc1ccc(/C=C\c2cc(O)cc3c2[C@H](c2cc(O)cc4c2[C@H](c2cc(O)cc(O)c2)[C@H](c2ccc(O)cc2)O4)[C@@H](c2ccc(O)cc2)O3)cc1. The first-order valence-corrected chi connectivity index (χ1v) is 16.3. The Morgan fingerprint density at radius 2 is 0.863 bits per heavy atom. The molecule has 254 valence electrons. The Balaban J connectivity index is 1.37. The molecule has 0 fully saturated rings. The molecule has 8 rings (SSSR count). The van der Waals surface area contributed by atoms with Crippen molar-refractivity contribution in [2.24, 2.45) is 0 Å². The molecule has 0 bridgehead atoms. The molecule has 51 heavy (non-hydrogen) atoms. The summed E-state index contributed by atoms with van der Waals surface area (Å²) in [6.45, 7) is 0. The molecule has 0 spiro atoms. The number of ether oxygens (including phenoxy) is 2. The van der Waals surface area contributed by atoms with Gasteiger partial charge >= 0.3 is 0 Å². The van der Waals surface area contributed by atoms with Crippen molar-refractivity contribution in [3.05, 3.63) is 160 Å². The second kappa shape index (κ2) is 12.3. The molecule has 9 nitrogen and oxygen atoms in total. The summed E-state index contributed by atoms with van der Waals surface area (Å²) >= 11 is 0. The van der Waals surface area contributed by atoms with Crippen molar-refractivity contribution >= 4 is 12.2 Å². The van der Waals surface area contributed by atoms with Crippen LogP contribution in [0, 0.1) is 0 Å². The fraction of sp³-hybridized carbons (Fsp3) is 0.0952. The minimum atomic E-state index is -0.694. The molecule has 2 aliphatic rings. The van der Waals surface area contributed by atoms with Crippen LogP contribution in [0.4, 0.5) is 0 Å². The van der Waals surface area contributed by atoms with E-state index in [2.05, 4.69) is 0 Å². The Labute approximate surface area is 292 Å². The van der Waals surface area contributed by atoms with Gasteiger partial charge in [0.05, 0.1) is 11.8 Å². The lowest BCUT2D eigenvalue weighted by atomic mass is 9.75. The standard InChI is InChI=1S/C42H32O9/c43-27-9-2-22(3-10-27)1-4-25-15-32(48)20-35-37(25)40(42(50-35)24-7-13-29(45)14-8-24)34-19-33(49)21-36-39(34)38(26-16-30(46)18-31(47)17-26)41(51-36)23-5-11-28(44)12-6-23/h1-21,38,40-49H/b4-1-/t38-,40-,41-,42+/m0/s1. The van der Waals surface area contributed by atoms with Crippen LogP contribution in [0.1, 0.15) is 68.6 Å². The molecule has 4 atom stereocenters. The van der Waals surface area contributed by atoms with Crippen molar-refractivity contribution in [3.8, 4) is 51.7 Å². The van der Waals surface area contributed by atoms with E-state index < -0.39 is 24.0 Å². The van der Waals surface area contributed by atoms with Gasteiger partial charge in [0.2, 0.25) is 0 Å². The number of phenols is 7. The highest BCUT2D eigenvalue weighted by Crippen LogP contribution is 2.59. The second-order valence-electron chi connectivity index (χ2n) is 12.8. The average Bonchev–Trinajstić information content (AvgIpc) is 3.67. The molecule has 6 aromatic rings. The maximum atomic E-state index is 11.3. The van der Waals surface area contributed by atoms with Gasteiger partial charge < -0.3 is 45.2 Å². The van der Waals surface area contributed by atoms with Crippen molar-refractivity contribution in [1.29, 1.82) is 0 Å². The average molecular weight is 681 g/mol. The lowest BCUT2D eigenvalue weighted by Crippen LogP contribution is -2.16. The topological polar surface area (TPSA) is 160 Å². The molecule has 0 aromatic heterocycles. The predicted molar refractivity (Wildman–Crippen MR) is 190 cm³/mol. The molecule has 0 radical (unpaired) electrons. The van der Waals surface area contributed by atoms with Gasteiger partial charge in [0.25, 0.3) is 0 Å². The summed E-state index contributed by atoms with van der Waals surface area (Å²) in [6.07, 6.45) is 2.32. The van der Waals surface area contributed by atoms with Crippen LogP contribution in [0.5, 0.6) is 51.7 Å². The molecule has 2 aliphatic heterocycles. The van der Waals surface area contributed by atoms with Gasteiger partial charge in [0.15, 0.2) is 0 Å². The summed E-state index contributed by atoms with van der Waals surface area (Å²) in [4.78, 5) is 0. The third kappa shape index (κ3) is 5.84. The van der Waals surface area contributed by atoms with Crippen molar-refractivity contribution < 1.29 is 45.2 Å². The third-order valence-electron chi connectivity index (χ3n) is 9.46. The Hall–Kier alpha value is -6.74. The van der Waals surface area contributed by atoms with Crippen molar-refractivity contribution in [1.82, 2.24) is 0 Å². The molecule has 0 saturated heterocycles. The van der Waals surface area contributed by atoms with Gasteiger partial charge in [-0.1, -0.05) is 48.6 Å². The Morgan fingerprint density at radius 3 is 1.43 bits per heavy atom. The first-order chi connectivity index (χ1) is 24.6. The molecule has 6 aromatic carbocycles. The summed E-state index contributed by atoms with van der Waals surface area (Å²) in [5.74, 6) is -0.504. The van der Waals surface area contributed by atoms with Crippen LogP contribution in [0.3, 0.4) is 0 Å². The lowest BCUT2D eigenvalue weighted by molar-refractivity contribution is 0.219. The van der Waals surface area contributed by atoms with E-state index in [1.54, 1.807) is 103 Å². The molecule has 2 heterocycles. The van der Waals surface area contributed by atoms with Gasteiger partial charge in [-0.15, -0.1) is 0 Å². The van der Waals surface area contributed by atoms with Crippen LogP contribution in [-0.4, -0.2) is 35.7 Å². The number of fused-ring (bicyclic) bond motifs is 2. The molecule has 7 N–H and O–H groups in total. The number of rotatable bonds is 6. The summed E-state index contributed by atoms with van der Waals surface area (Å²) in [5, 5.41) is 73.4. The van der Waals surface area contributed by atoms with Crippen LogP contribution in [0.15, 0.2) is 115 Å². The minimum Gasteiger partial charge on any atom is -0.508 e. The highest BCUT2D eigenvalue weighted by atomic mass is 16.5. The van der Waals surface area contributed by atoms with Crippen molar-refractivity contribution in [2.75, 3.05) is 0 Å². The summed E-state index contributed by atoms with van der Waals surface area (Å²) in [7, 11) is 0. The largest absolute Gasteiger partial charge is 0.508 e. The maximum Gasteiger partial charge on any atom is 0.135 e. The van der Waals surface area contributed by atoms with E-state index in [1.807, 2.05) is 12.2 Å². The molecule has 0 aliphatic carbocycles. The molecule has 0 saturated carbocycles. The minimum absolute atomic E-state index is 0.0193. The Kier molecular flexibility index (Phi) is 7.60. The Bertz CT molecular complexity index is 2270. The molecular weight excluding hydrogens is 648 g/mol. The van der Waals surface area contributed by atoms with Gasteiger partial charge in [0, 0.05) is 29.3 Å². The van der Waals surface area contributed by atoms with E-state index in [-0.39, 0.29) is 40.2 Å². The highest BCUT2D eigenvalue weighted by Gasteiger charge is 2.46. The third-order valence-corrected chi connectivity index (χ3v) is 9.46. The van der Waals surface area contributed by atoms with E-state index in [9.17, 15) is 35.7 Å². The van der Waals surface area contributed by atoms with Crippen LogP contribution in [-0.2, 0) is 0 Å². The summed E-state index contributed by atoms with van der Waals surface area (Å²) in [5.41, 5.74) is 5.48. The zero-order valence-electron chi connectivity index (χ0n) is 26.9. The predicted octanol–water partition coefficient (Wildman–Crippen LogP) is 8.33. The van der Waals surface area contributed by atoms with E-state index in [0.717, 1.165) is 16.7 Å². The number of hydrogen-bond donors (Lipinski definition) is 7. The normalized spacial score (nSPS) is 19.0. The number of phenolic OH excluding ortho intramolecular Hbond substituents is 7.